The van der Waals surface area contributed by atoms with Crippen molar-refractivity contribution in [2.75, 3.05) is 11.1 Å². The lowest BCUT2D eigenvalue weighted by atomic mass is 10.2. The number of pyridine rings is 1. The Bertz CT molecular complexity index is 891. The van der Waals surface area contributed by atoms with Gasteiger partial charge in [-0.25, -0.2) is 14.8 Å². The second kappa shape index (κ2) is 5.41. The van der Waals surface area contributed by atoms with Crippen molar-refractivity contribution in [1.82, 2.24) is 9.97 Å². The topological polar surface area (TPSA) is 118 Å². The predicted octanol–water partition coefficient (Wildman–Crippen LogP) is 2.22. The van der Waals surface area contributed by atoms with E-state index in [0.717, 1.165) is 0 Å². The Morgan fingerprint density at radius 3 is 2.73 bits per heavy atom. The van der Waals surface area contributed by atoms with Crippen molar-refractivity contribution in [3.63, 3.8) is 0 Å². The Morgan fingerprint density at radius 2 is 2.00 bits per heavy atom. The van der Waals surface area contributed by atoms with Gasteiger partial charge in [-0.1, -0.05) is 11.3 Å². The highest BCUT2D eigenvalue weighted by molar-refractivity contribution is 7.22. The van der Waals surface area contributed by atoms with Crippen LogP contribution in [0.4, 0.5) is 10.9 Å². The first kappa shape index (κ1) is 14.0. The summed E-state index contributed by atoms with van der Waals surface area (Å²) >= 11 is 1.20. The number of aromatic nitrogens is 2. The molecule has 22 heavy (non-hydrogen) atoms. The summed E-state index contributed by atoms with van der Waals surface area (Å²) in [6, 6.07) is 7.61. The van der Waals surface area contributed by atoms with Gasteiger partial charge in [-0.05, 0) is 30.3 Å². The monoisotopic (exact) mass is 314 g/mol. The smallest absolute Gasteiger partial charge is 0.335 e. The highest BCUT2D eigenvalue weighted by Gasteiger charge is 2.12. The summed E-state index contributed by atoms with van der Waals surface area (Å²) < 4.78 is 0.685. The van der Waals surface area contributed by atoms with E-state index in [4.69, 9.17) is 10.8 Å². The number of amides is 1. The lowest BCUT2D eigenvalue weighted by molar-refractivity contribution is 0.0697. The molecule has 0 saturated carbocycles. The molecule has 0 atom stereocenters. The zero-order chi connectivity index (χ0) is 15.7. The molecule has 2 heterocycles. The summed E-state index contributed by atoms with van der Waals surface area (Å²) in [7, 11) is 0. The minimum atomic E-state index is -1.01. The number of carbonyl (C=O) groups excluding carboxylic acids is 1. The van der Waals surface area contributed by atoms with Crippen LogP contribution in [-0.4, -0.2) is 27.0 Å². The van der Waals surface area contributed by atoms with E-state index in [1.165, 1.54) is 35.7 Å². The lowest BCUT2D eigenvalue weighted by Crippen LogP contribution is -2.12. The molecule has 0 radical (unpaired) electrons. The molecule has 0 unspecified atom stereocenters. The van der Waals surface area contributed by atoms with E-state index in [2.05, 4.69) is 15.3 Å². The molecule has 1 aromatic carbocycles. The van der Waals surface area contributed by atoms with Gasteiger partial charge in [0.05, 0.1) is 15.8 Å². The molecule has 0 fully saturated rings. The average molecular weight is 314 g/mol. The Balaban J connectivity index is 1.87. The maximum atomic E-state index is 12.1. The first-order valence-electron chi connectivity index (χ1n) is 6.20. The van der Waals surface area contributed by atoms with Crippen molar-refractivity contribution in [3.05, 3.63) is 47.7 Å². The van der Waals surface area contributed by atoms with Crippen molar-refractivity contribution in [1.29, 1.82) is 0 Å². The normalized spacial score (nSPS) is 10.5. The summed E-state index contributed by atoms with van der Waals surface area (Å²) in [5, 5.41) is 12.0. The number of nitrogens with one attached hydrogen (secondary N) is 1. The molecule has 0 aliphatic heterocycles. The number of carboxylic acid groups (broad SMARTS) is 1. The molecule has 1 amide bonds. The molecule has 0 saturated heterocycles. The largest absolute Gasteiger partial charge is 0.478 e. The van der Waals surface area contributed by atoms with Gasteiger partial charge in [0.15, 0.2) is 5.13 Å². The number of fused-ring (bicyclic) bond motifs is 1. The summed E-state index contributed by atoms with van der Waals surface area (Å²) in [5.74, 6) is -1.11. The zero-order valence-corrected chi connectivity index (χ0v) is 11.9. The fraction of sp³-hybridized carbons (Fsp3) is 0. The minimum Gasteiger partial charge on any atom is -0.478 e. The molecule has 4 N–H and O–H groups in total. The summed E-state index contributed by atoms with van der Waals surface area (Å²) in [6.07, 6.45) is 1.45. The van der Waals surface area contributed by atoms with Gasteiger partial charge in [0.25, 0.3) is 5.91 Å². The van der Waals surface area contributed by atoms with Crippen LogP contribution in [0.1, 0.15) is 20.7 Å². The number of anilines is 2. The highest BCUT2D eigenvalue weighted by Crippen LogP contribution is 2.27. The highest BCUT2D eigenvalue weighted by atomic mass is 32.1. The Kier molecular flexibility index (Phi) is 3.43. The summed E-state index contributed by atoms with van der Waals surface area (Å²) in [4.78, 5) is 31.1. The molecule has 3 rings (SSSR count). The van der Waals surface area contributed by atoms with E-state index in [-0.39, 0.29) is 17.3 Å². The van der Waals surface area contributed by atoms with Crippen molar-refractivity contribution in [2.24, 2.45) is 0 Å². The number of benzene rings is 1. The van der Waals surface area contributed by atoms with Crippen LogP contribution in [0.3, 0.4) is 0 Å². The molecule has 3 aromatic rings. The minimum absolute atomic E-state index is 0.177. The quantitative estimate of drug-likeness (QED) is 0.682. The van der Waals surface area contributed by atoms with Gasteiger partial charge in [-0.2, -0.15) is 0 Å². The number of aromatic carboxylic acids is 1. The van der Waals surface area contributed by atoms with Gasteiger partial charge < -0.3 is 10.8 Å². The van der Waals surface area contributed by atoms with Crippen LogP contribution in [0.25, 0.3) is 10.2 Å². The number of nitrogen functional groups attached to an aromatic ring is 1. The standard InChI is InChI=1S/C14H10N4O3S/c15-11-6-7(3-4-16-11)12(19)18-14-17-9-2-1-8(13(20)21)5-10(9)22-14/h1-6H,(H2,15,16)(H,20,21)(H,17,18,19). The van der Waals surface area contributed by atoms with E-state index in [0.29, 0.717) is 20.9 Å². The molecule has 0 bridgehead atoms. The third kappa shape index (κ3) is 2.72. The van der Waals surface area contributed by atoms with Crippen molar-refractivity contribution in [3.8, 4) is 0 Å². The molecule has 7 nitrogen and oxygen atoms in total. The number of nitrogens with two attached hydrogens (primary N) is 1. The van der Waals surface area contributed by atoms with Gasteiger partial charge >= 0.3 is 5.97 Å². The Labute approximate surface area is 128 Å². The number of rotatable bonds is 3. The van der Waals surface area contributed by atoms with E-state index in [1.807, 2.05) is 0 Å². The van der Waals surface area contributed by atoms with Crippen LogP contribution in [0, 0.1) is 0 Å². The molecular weight excluding hydrogens is 304 g/mol. The zero-order valence-electron chi connectivity index (χ0n) is 11.1. The van der Waals surface area contributed by atoms with E-state index >= 15 is 0 Å². The van der Waals surface area contributed by atoms with E-state index < -0.39 is 5.97 Å². The molecular formula is C14H10N4O3S. The number of nitrogens with zero attached hydrogens (tertiary/aromatic N) is 2. The third-order valence-electron chi connectivity index (χ3n) is 2.90. The van der Waals surface area contributed by atoms with Crippen molar-refractivity contribution >= 4 is 44.4 Å². The van der Waals surface area contributed by atoms with Crippen LogP contribution in [0.2, 0.25) is 0 Å². The second-order valence-corrected chi connectivity index (χ2v) is 5.46. The predicted molar refractivity (Wildman–Crippen MR) is 83.2 cm³/mol. The lowest BCUT2D eigenvalue weighted by Gasteiger charge is -2.01. The fourth-order valence-electron chi connectivity index (χ4n) is 1.87. The van der Waals surface area contributed by atoms with Crippen LogP contribution in [-0.2, 0) is 0 Å². The SMILES string of the molecule is Nc1cc(C(=O)Nc2nc3ccc(C(=O)O)cc3s2)ccn1. The maximum Gasteiger partial charge on any atom is 0.335 e. The third-order valence-corrected chi connectivity index (χ3v) is 3.83. The van der Waals surface area contributed by atoms with Gasteiger partial charge in [-0.3, -0.25) is 10.1 Å². The number of hydrogen-bond donors (Lipinski definition) is 3. The molecule has 0 aliphatic carbocycles. The van der Waals surface area contributed by atoms with E-state index in [1.54, 1.807) is 12.1 Å². The first-order chi connectivity index (χ1) is 10.5. The Morgan fingerprint density at radius 1 is 1.18 bits per heavy atom. The molecule has 0 spiro atoms. The number of carboxylic acids is 1. The number of carbonyl (C=O) groups is 2. The van der Waals surface area contributed by atoms with Crippen LogP contribution in [0.15, 0.2) is 36.5 Å². The molecule has 0 aliphatic rings. The number of hydrogen-bond acceptors (Lipinski definition) is 6. The first-order valence-corrected chi connectivity index (χ1v) is 7.01. The maximum absolute atomic E-state index is 12.1. The fourth-order valence-corrected chi connectivity index (χ4v) is 2.77. The van der Waals surface area contributed by atoms with Crippen LogP contribution in [0.5, 0.6) is 0 Å². The summed E-state index contributed by atoms with van der Waals surface area (Å²) in [6.45, 7) is 0. The van der Waals surface area contributed by atoms with Gasteiger partial charge in [0.2, 0.25) is 0 Å². The molecule has 8 heteroatoms. The van der Waals surface area contributed by atoms with Gasteiger partial charge in [0.1, 0.15) is 5.82 Å². The molecule has 110 valence electrons. The van der Waals surface area contributed by atoms with Crippen LogP contribution >= 0.6 is 11.3 Å². The molecule has 2 aromatic heterocycles. The second-order valence-electron chi connectivity index (χ2n) is 4.43. The number of thiazole rings is 1. The van der Waals surface area contributed by atoms with Crippen LogP contribution < -0.4 is 11.1 Å². The van der Waals surface area contributed by atoms with Crippen molar-refractivity contribution < 1.29 is 14.7 Å². The van der Waals surface area contributed by atoms with Gasteiger partial charge in [0, 0.05) is 11.8 Å². The Hall–Kier alpha value is -3.00. The van der Waals surface area contributed by atoms with E-state index in [9.17, 15) is 9.59 Å². The van der Waals surface area contributed by atoms with Gasteiger partial charge in [-0.15, -0.1) is 0 Å². The summed E-state index contributed by atoms with van der Waals surface area (Å²) in [5.41, 5.74) is 6.71. The average Bonchev–Trinajstić information content (AvgIpc) is 2.88. The van der Waals surface area contributed by atoms with Crippen molar-refractivity contribution in [2.45, 2.75) is 0 Å².